The van der Waals surface area contributed by atoms with Crippen molar-refractivity contribution in [3.8, 4) is 5.75 Å². The number of carbonyl (C=O) groups excluding carboxylic acids is 1. The van der Waals surface area contributed by atoms with E-state index < -0.39 is 5.91 Å². The van der Waals surface area contributed by atoms with Crippen LogP contribution >= 0.6 is 0 Å². The van der Waals surface area contributed by atoms with Gasteiger partial charge in [0.1, 0.15) is 11.3 Å². The fourth-order valence-corrected chi connectivity index (χ4v) is 2.94. The van der Waals surface area contributed by atoms with E-state index in [0.717, 1.165) is 18.7 Å². The molecule has 0 radical (unpaired) electrons. The van der Waals surface area contributed by atoms with Crippen molar-refractivity contribution in [2.75, 3.05) is 13.2 Å². The van der Waals surface area contributed by atoms with E-state index in [-0.39, 0.29) is 11.0 Å². The number of rotatable bonds is 8. The van der Waals surface area contributed by atoms with Gasteiger partial charge in [0.2, 0.25) is 5.43 Å². The highest BCUT2D eigenvalue weighted by Gasteiger charge is 2.13. The molecule has 0 aliphatic heterocycles. The molecule has 3 rings (SSSR count). The van der Waals surface area contributed by atoms with Crippen molar-refractivity contribution in [3.05, 3.63) is 75.6 Å². The number of hydrogen-bond acceptors (Lipinski definition) is 4. The van der Waals surface area contributed by atoms with E-state index in [0.29, 0.717) is 29.8 Å². The van der Waals surface area contributed by atoms with Crippen LogP contribution < -0.4 is 20.8 Å². The Balaban J connectivity index is 1.72. The normalized spacial score (nSPS) is 10.8. The molecule has 0 saturated carbocycles. The number of H-pyrrole nitrogens is 1. The summed E-state index contributed by atoms with van der Waals surface area (Å²) in [5, 5.41) is 6.53. The van der Waals surface area contributed by atoms with Crippen LogP contribution in [0.15, 0.2) is 53.5 Å². The summed E-state index contributed by atoms with van der Waals surface area (Å²) in [5.41, 5.74) is 2.61. The van der Waals surface area contributed by atoms with Gasteiger partial charge in [-0.3, -0.25) is 9.59 Å². The molecule has 1 heterocycles. The lowest BCUT2D eigenvalue weighted by Crippen LogP contribution is -2.28. The fraction of sp³-hybridized carbons (Fsp3) is 0.273. The van der Waals surface area contributed by atoms with E-state index >= 15 is 0 Å². The Kier molecular flexibility index (Phi) is 6.45. The second kappa shape index (κ2) is 9.19. The standard InChI is InChI=1S/C22H25N3O3/c1-3-23-12-15-5-7-16(8-6-15)13-25-22(27)19-14-24-20-10-9-17(28-4-2)11-18(20)21(19)26/h5-11,14,23H,3-4,12-13H2,1-2H3,(H,24,26)(H,25,27). The van der Waals surface area contributed by atoms with Crippen molar-refractivity contribution in [1.82, 2.24) is 15.6 Å². The smallest absolute Gasteiger partial charge is 0.257 e. The van der Waals surface area contributed by atoms with Gasteiger partial charge >= 0.3 is 0 Å². The first-order valence-corrected chi connectivity index (χ1v) is 9.47. The Morgan fingerprint density at radius 3 is 2.43 bits per heavy atom. The summed E-state index contributed by atoms with van der Waals surface area (Å²) >= 11 is 0. The van der Waals surface area contributed by atoms with Gasteiger partial charge in [0.05, 0.1) is 6.61 Å². The molecule has 28 heavy (non-hydrogen) atoms. The highest BCUT2D eigenvalue weighted by Crippen LogP contribution is 2.17. The third-order valence-electron chi connectivity index (χ3n) is 4.46. The first-order valence-electron chi connectivity index (χ1n) is 9.47. The quantitative estimate of drug-likeness (QED) is 0.562. The van der Waals surface area contributed by atoms with Gasteiger partial charge in [0, 0.05) is 30.2 Å². The molecule has 146 valence electrons. The van der Waals surface area contributed by atoms with Gasteiger partial charge in [0.25, 0.3) is 5.91 Å². The van der Waals surface area contributed by atoms with Crippen LogP contribution in [0.25, 0.3) is 10.9 Å². The minimum atomic E-state index is -0.401. The molecule has 1 amide bonds. The number of hydrogen-bond donors (Lipinski definition) is 3. The molecular formula is C22H25N3O3. The van der Waals surface area contributed by atoms with E-state index in [1.807, 2.05) is 31.2 Å². The number of benzene rings is 2. The molecular weight excluding hydrogens is 354 g/mol. The predicted molar refractivity (Wildman–Crippen MR) is 111 cm³/mol. The van der Waals surface area contributed by atoms with Gasteiger partial charge < -0.3 is 20.4 Å². The zero-order valence-corrected chi connectivity index (χ0v) is 16.2. The highest BCUT2D eigenvalue weighted by atomic mass is 16.5. The Bertz CT molecular complexity index is 1010. The number of aromatic amines is 1. The minimum absolute atomic E-state index is 0.0879. The topological polar surface area (TPSA) is 83.2 Å². The minimum Gasteiger partial charge on any atom is -0.494 e. The molecule has 0 saturated heterocycles. The summed E-state index contributed by atoms with van der Waals surface area (Å²) in [6.45, 7) is 6.55. The Hall–Kier alpha value is -3.12. The van der Waals surface area contributed by atoms with Crippen LogP contribution in [0.1, 0.15) is 35.3 Å². The number of aromatic nitrogens is 1. The van der Waals surface area contributed by atoms with Crippen molar-refractivity contribution in [2.24, 2.45) is 0 Å². The number of pyridine rings is 1. The molecule has 6 heteroatoms. The largest absolute Gasteiger partial charge is 0.494 e. The average molecular weight is 379 g/mol. The summed E-state index contributed by atoms with van der Waals surface area (Å²) < 4.78 is 5.45. The first kappa shape index (κ1) is 19.6. The van der Waals surface area contributed by atoms with Crippen molar-refractivity contribution >= 4 is 16.8 Å². The van der Waals surface area contributed by atoms with E-state index in [1.165, 1.54) is 11.8 Å². The number of ether oxygens (including phenoxy) is 1. The van der Waals surface area contributed by atoms with Gasteiger partial charge in [-0.15, -0.1) is 0 Å². The molecule has 2 aromatic carbocycles. The van der Waals surface area contributed by atoms with Crippen molar-refractivity contribution in [2.45, 2.75) is 26.9 Å². The third kappa shape index (κ3) is 4.58. The molecule has 0 aliphatic rings. The molecule has 0 atom stereocenters. The lowest BCUT2D eigenvalue weighted by Gasteiger charge is -2.08. The zero-order valence-electron chi connectivity index (χ0n) is 16.2. The maximum absolute atomic E-state index is 12.7. The lowest BCUT2D eigenvalue weighted by atomic mass is 10.1. The van der Waals surface area contributed by atoms with Crippen LogP contribution in [0.2, 0.25) is 0 Å². The van der Waals surface area contributed by atoms with E-state index in [1.54, 1.807) is 18.2 Å². The Morgan fingerprint density at radius 2 is 1.75 bits per heavy atom. The maximum Gasteiger partial charge on any atom is 0.257 e. The lowest BCUT2D eigenvalue weighted by molar-refractivity contribution is 0.0949. The van der Waals surface area contributed by atoms with Crippen LogP contribution in [0, 0.1) is 0 Å². The first-order chi connectivity index (χ1) is 13.6. The number of fused-ring (bicyclic) bond motifs is 1. The van der Waals surface area contributed by atoms with Gasteiger partial charge in [0.15, 0.2) is 0 Å². The Labute approximate surface area is 163 Å². The van der Waals surface area contributed by atoms with Crippen LogP contribution in [-0.4, -0.2) is 24.0 Å². The summed E-state index contributed by atoms with van der Waals surface area (Å²) in [7, 11) is 0. The molecule has 0 aliphatic carbocycles. The molecule has 0 spiro atoms. The van der Waals surface area contributed by atoms with Gasteiger partial charge in [-0.25, -0.2) is 0 Å². The SMILES string of the molecule is CCNCc1ccc(CNC(=O)c2c[nH]c3ccc(OCC)cc3c2=O)cc1. The molecule has 1 aromatic heterocycles. The second-order valence-corrected chi connectivity index (χ2v) is 6.45. The summed E-state index contributed by atoms with van der Waals surface area (Å²) in [4.78, 5) is 28.3. The summed E-state index contributed by atoms with van der Waals surface area (Å²) in [6.07, 6.45) is 1.46. The highest BCUT2D eigenvalue weighted by molar-refractivity contribution is 5.97. The zero-order chi connectivity index (χ0) is 19.9. The maximum atomic E-state index is 12.7. The van der Waals surface area contributed by atoms with Crippen LogP contribution in [0.3, 0.4) is 0 Å². The second-order valence-electron chi connectivity index (χ2n) is 6.45. The molecule has 0 fully saturated rings. The molecule has 6 nitrogen and oxygen atoms in total. The van der Waals surface area contributed by atoms with Crippen LogP contribution in [0.4, 0.5) is 0 Å². The van der Waals surface area contributed by atoms with Crippen LogP contribution in [0.5, 0.6) is 5.75 Å². The summed E-state index contributed by atoms with van der Waals surface area (Å²) in [6, 6.07) is 13.2. The fourth-order valence-electron chi connectivity index (χ4n) is 2.94. The molecule has 3 N–H and O–H groups in total. The molecule has 0 bridgehead atoms. The average Bonchev–Trinajstić information content (AvgIpc) is 2.72. The van der Waals surface area contributed by atoms with E-state index in [4.69, 9.17) is 4.74 Å². The van der Waals surface area contributed by atoms with Crippen molar-refractivity contribution < 1.29 is 9.53 Å². The predicted octanol–water partition coefficient (Wildman–Crippen LogP) is 2.97. The summed E-state index contributed by atoms with van der Waals surface area (Å²) in [5.74, 6) is 0.206. The number of nitrogens with one attached hydrogen (secondary N) is 3. The van der Waals surface area contributed by atoms with Gasteiger partial charge in [-0.2, -0.15) is 0 Å². The molecule has 3 aromatic rings. The number of carbonyl (C=O) groups is 1. The van der Waals surface area contributed by atoms with E-state index in [2.05, 4.69) is 22.5 Å². The Morgan fingerprint density at radius 1 is 1.04 bits per heavy atom. The molecule has 0 unspecified atom stereocenters. The third-order valence-corrected chi connectivity index (χ3v) is 4.46. The monoisotopic (exact) mass is 379 g/mol. The number of amides is 1. The van der Waals surface area contributed by atoms with Gasteiger partial charge in [-0.1, -0.05) is 31.2 Å². The van der Waals surface area contributed by atoms with Crippen molar-refractivity contribution in [3.63, 3.8) is 0 Å². The van der Waals surface area contributed by atoms with E-state index in [9.17, 15) is 9.59 Å². The van der Waals surface area contributed by atoms with Gasteiger partial charge in [-0.05, 0) is 42.8 Å². The van der Waals surface area contributed by atoms with Crippen LogP contribution in [-0.2, 0) is 13.1 Å². The van der Waals surface area contributed by atoms with Crippen molar-refractivity contribution in [1.29, 1.82) is 0 Å².